The van der Waals surface area contributed by atoms with Crippen molar-refractivity contribution in [2.24, 2.45) is 0 Å². The number of rotatable bonds is 6. The van der Waals surface area contributed by atoms with Crippen LogP contribution in [0.5, 0.6) is 0 Å². The predicted octanol–water partition coefficient (Wildman–Crippen LogP) is 2.36. The molecule has 2 amide bonds. The van der Waals surface area contributed by atoms with Crippen LogP contribution in [0.1, 0.15) is 49.9 Å². The van der Waals surface area contributed by atoms with Crippen LogP contribution in [0, 0.1) is 0 Å². The zero-order valence-corrected chi connectivity index (χ0v) is 17.2. The second-order valence-corrected chi connectivity index (χ2v) is 7.33. The molecule has 2 N–H and O–H groups in total. The molecule has 1 atom stereocenters. The number of para-hydroxylation sites is 1. The Labute approximate surface area is 169 Å². The molecule has 0 aliphatic rings. The number of carbonyl (C=O) groups is 3. The Morgan fingerprint density at radius 3 is 2.41 bits per heavy atom. The zero-order valence-electron chi connectivity index (χ0n) is 17.2. The molecular formula is C20H26N4O5. The van der Waals surface area contributed by atoms with Crippen molar-refractivity contribution in [3.63, 3.8) is 0 Å². The predicted molar refractivity (Wildman–Crippen MR) is 106 cm³/mol. The number of hydrogen-bond donors (Lipinski definition) is 2. The lowest BCUT2D eigenvalue weighted by atomic mass is 10.2. The number of benzene rings is 1. The summed E-state index contributed by atoms with van der Waals surface area (Å²) < 4.78 is 11.3. The monoisotopic (exact) mass is 402 g/mol. The van der Waals surface area contributed by atoms with E-state index in [0.29, 0.717) is 11.4 Å². The molecule has 0 saturated carbocycles. The highest BCUT2D eigenvalue weighted by Gasteiger charge is 2.23. The number of esters is 1. The molecule has 0 aliphatic carbocycles. The fourth-order valence-electron chi connectivity index (χ4n) is 2.41. The first-order chi connectivity index (χ1) is 13.6. The van der Waals surface area contributed by atoms with Gasteiger partial charge in [-0.2, -0.15) is 5.10 Å². The van der Waals surface area contributed by atoms with Crippen LogP contribution in [0.2, 0.25) is 0 Å². The summed E-state index contributed by atoms with van der Waals surface area (Å²) in [7, 11) is 1.24. The van der Waals surface area contributed by atoms with E-state index in [-0.39, 0.29) is 12.2 Å². The van der Waals surface area contributed by atoms with E-state index >= 15 is 0 Å². The Bertz CT molecular complexity index is 871. The van der Waals surface area contributed by atoms with Crippen molar-refractivity contribution in [2.75, 3.05) is 13.7 Å². The summed E-state index contributed by atoms with van der Waals surface area (Å²) in [4.78, 5) is 36.0. The van der Waals surface area contributed by atoms with Crippen LogP contribution in [0.25, 0.3) is 5.69 Å². The Morgan fingerprint density at radius 1 is 1.17 bits per heavy atom. The van der Waals surface area contributed by atoms with Crippen molar-refractivity contribution in [3.05, 3.63) is 47.8 Å². The van der Waals surface area contributed by atoms with Gasteiger partial charge in [0.25, 0.3) is 5.91 Å². The molecule has 0 saturated heterocycles. The molecule has 0 fully saturated rings. The normalized spacial score (nSPS) is 12.0. The second kappa shape index (κ2) is 9.22. The van der Waals surface area contributed by atoms with Crippen molar-refractivity contribution < 1.29 is 23.9 Å². The van der Waals surface area contributed by atoms with E-state index in [1.807, 2.05) is 18.2 Å². The van der Waals surface area contributed by atoms with E-state index in [1.165, 1.54) is 11.8 Å². The van der Waals surface area contributed by atoms with E-state index in [9.17, 15) is 14.4 Å². The lowest BCUT2D eigenvalue weighted by Gasteiger charge is -2.21. The maximum atomic E-state index is 12.6. The van der Waals surface area contributed by atoms with Gasteiger partial charge < -0.3 is 20.1 Å². The number of amides is 2. The number of nitrogens with one attached hydrogen (secondary N) is 2. The first-order valence-corrected chi connectivity index (χ1v) is 9.10. The fraction of sp³-hybridized carbons (Fsp3) is 0.400. The molecule has 2 aromatic rings. The zero-order chi connectivity index (χ0) is 21.6. The molecular weight excluding hydrogens is 376 g/mol. The fourth-order valence-corrected chi connectivity index (χ4v) is 2.41. The van der Waals surface area contributed by atoms with Crippen LogP contribution >= 0.6 is 0 Å². The summed E-state index contributed by atoms with van der Waals surface area (Å²) in [6.07, 6.45) is -0.587. The van der Waals surface area contributed by atoms with Gasteiger partial charge in [-0.3, -0.25) is 9.59 Å². The van der Waals surface area contributed by atoms with Crippen LogP contribution in [0.15, 0.2) is 36.4 Å². The van der Waals surface area contributed by atoms with Crippen molar-refractivity contribution >= 4 is 18.0 Å². The Hall–Kier alpha value is -3.36. The van der Waals surface area contributed by atoms with Crippen LogP contribution in [-0.2, 0) is 14.3 Å². The molecule has 0 unspecified atom stereocenters. The van der Waals surface area contributed by atoms with E-state index in [0.717, 1.165) is 0 Å². The molecule has 9 heteroatoms. The molecule has 29 heavy (non-hydrogen) atoms. The van der Waals surface area contributed by atoms with Gasteiger partial charge in [-0.1, -0.05) is 18.2 Å². The number of methoxy groups -OCH3 is 1. The van der Waals surface area contributed by atoms with Gasteiger partial charge in [0, 0.05) is 0 Å². The Balaban J connectivity index is 2.28. The summed E-state index contributed by atoms with van der Waals surface area (Å²) in [5.41, 5.74) is 0.703. The first-order valence-electron chi connectivity index (χ1n) is 9.10. The molecule has 0 radical (unpaired) electrons. The Kier molecular flexibility index (Phi) is 6.98. The van der Waals surface area contributed by atoms with Gasteiger partial charge >= 0.3 is 12.1 Å². The third-order valence-corrected chi connectivity index (χ3v) is 3.76. The summed E-state index contributed by atoms with van der Waals surface area (Å²) >= 11 is 0. The number of ether oxygens (including phenoxy) is 2. The van der Waals surface area contributed by atoms with Crippen LogP contribution in [-0.4, -0.2) is 47.0 Å². The van der Waals surface area contributed by atoms with E-state index in [2.05, 4.69) is 20.5 Å². The average Bonchev–Trinajstić information content (AvgIpc) is 3.10. The van der Waals surface area contributed by atoms with Crippen LogP contribution in [0.4, 0.5) is 4.79 Å². The van der Waals surface area contributed by atoms with Crippen molar-refractivity contribution in [1.82, 2.24) is 20.4 Å². The smallest absolute Gasteiger partial charge is 0.408 e. The highest BCUT2D eigenvalue weighted by molar-refractivity contribution is 5.95. The minimum Gasteiger partial charge on any atom is -0.468 e. The molecule has 2 rings (SSSR count). The molecule has 0 spiro atoms. The summed E-state index contributed by atoms with van der Waals surface area (Å²) in [6, 6.07) is 10.1. The summed E-state index contributed by atoms with van der Waals surface area (Å²) in [6.45, 7) is 6.77. The molecule has 0 bridgehead atoms. The maximum absolute atomic E-state index is 12.6. The van der Waals surface area contributed by atoms with Gasteiger partial charge in [0.15, 0.2) is 0 Å². The minimum atomic E-state index is -0.633. The van der Waals surface area contributed by atoms with Gasteiger partial charge in [-0.05, 0) is 45.9 Å². The number of alkyl carbamates (subject to hydrolysis) is 1. The molecule has 1 heterocycles. The number of nitrogens with zero attached hydrogens (tertiary/aromatic N) is 2. The third-order valence-electron chi connectivity index (χ3n) is 3.76. The first kappa shape index (κ1) is 21.9. The molecule has 9 nitrogen and oxygen atoms in total. The second-order valence-electron chi connectivity index (χ2n) is 7.33. The van der Waals surface area contributed by atoms with Crippen LogP contribution in [0.3, 0.4) is 0 Å². The SMILES string of the molecule is COC(=O)CNC(=O)c1cc([C@H](C)NC(=O)OC(C)(C)C)nn1-c1ccccc1. The lowest BCUT2D eigenvalue weighted by molar-refractivity contribution is -0.139. The van der Waals surface area contributed by atoms with Gasteiger partial charge in [-0.15, -0.1) is 0 Å². The summed E-state index contributed by atoms with van der Waals surface area (Å²) in [5, 5.41) is 9.67. The van der Waals surface area contributed by atoms with Crippen molar-refractivity contribution in [3.8, 4) is 5.69 Å². The highest BCUT2D eigenvalue weighted by atomic mass is 16.6. The van der Waals surface area contributed by atoms with Gasteiger partial charge in [0.1, 0.15) is 17.8 Å². The van der Waals surface area contributed by atoms with E-state index in [4.69, 9.17) is 4.74 Å². The quantitative estimate of drug-likeness (QED) is 0.718. The largest absolute Gasteiger partial charge is 0.468 e. The molecule has 156 valence electrons. The lowest BCUT2D eigenvalue weighted by Crippen LogP contribution is -2.34. The topological polar surface area (TPSA) is 112 Å². The standard InChI is InChI=1S/C20H26N4O5/c1-13(22-19(27)29-20(2,3)4)15-11-16(18(26)21-12-17(25)28-5)24(23-15)14-9-7-6-8-10-14/h6-11,13H,12H2,1-5H3,(H,21,26)(H,22,27)/t13-/m0/s1. The highest BCUT2D eigenvalue weighted by Crippen LogP contribution is 2.18. The van der Waals surface area contributed by atoms with Crippen LogP contribution < -0.4 is 10.6 Å². The molecule has 1 aromatic heterocycles. The van der Waals surface area contributed by atoms with Crippen molar-refractivity contribution in [1.29, 1.82) is 0 Å². The van der Waals surface area contributed by atoms with Gasteiger partial charge in [-0.25, -0.2) is 9.48 Å². The van der Waals surface area contributed by atoms with Gasteiger partial charge in [0.2, 0.25) is 0 Å². The minimum absolute atomic E-state index is 0.216. The van der Waals surface area contributed by atoms with Gasteiger partial charge in [0.05, 0.1) is 24.5 Å². The number of aromatic nitrogens is 2. The third kappa shape index (κ3) is 6.34. The maximum Gasteiger partial charge on any atom is 0.408 e. The molecule has 1 aromatic carbocycles. The Morgan fingerprint density at radius 2 is 1.83 bits per heavy atom. The van der Waals surface area contributed by atoms with Crippen molar-refractivity contribution in [2.45, 2.75) is 39.3 Å². The van der Waals surface area contributed by atoms with E-state index < -0.39 is 29.6 Å². The number of carbonyl (C=O) groups excluding carboxylic acids is 3. The average molecular weight is 402 g/mol. The summed E-state index contributed by atoms with van der Waals surface area (Å²) in [5.74, 6) is -1.06. The number of hydrogen-bond acceptors (Lipinski definition) is 6. The van der Waals surface area contributed by atoms with E-state index in [1.54, 1.807) is 45.9 Å². The molecule has 0 aliphatic heterocycles.